The zero-order valence-corrected chi connectivity index (χ0v) is 16.6. The third kappa shape index (κ3) is 4.85. The minimum Gasteiger partial charge on any atom is -0.497 e. The molecule has 0 aliphatic rings. The van der Waals surface area contributed by atoms with Crippen molar-refractivity contribution in [1.29, 1.82) is 0 Å². The summed E-state index contributed by atoms with van der Waals surface area (Å²) in [5, 5.41) is 0.977. The monoisotopic (exact) mass is 393 g/mol. The Morgan fingerprint density at radius 1 is 1.10 bits per heavy atom. The number of benzene rings is 2. The maximum Gasteiger partial charge on any atom is 0.347 e. The van der Waals surface area contributed by atoms with Crippen molar-refractivity contribution in [1.82, 2.24) is 4.98 Å². The van der Waals surface area contributed by atoms with Gasteiger partial charge in [0.2, 0.25) is 0 Å². The number of fused-ring (bicyclic) bond motifs is 1. The summed E-state index contributed by atoms with van der Waals surface area (Å²) in [6, 6.07) is 12.4. The highest BCUT2D eigenvalue weighted by molar-refractivity contribution is 6.07. The number of aromatic nitrogens is 1. The van der Waals surface area contributed by atoms with E-state index in [2.05, 4.69) is 4.98 Å². The summed E-state index contributed by atoms with van der Waals surface area (Å²) in [5.74, 6) is 0.693. The van der Waals surface area contributed by atoms with E-state index in [-0.39, 0.29) is 5.78 Å². The molecule has 0 radical (unpaired) electrons. The molecule has 0 saturated heterocycles. The van der Waals surface area contributed by atoms with E-state index < -0.39 is 12.1 Å². The molecule has 3 aromatic rings. The average Bonchev–Trinajstić information content (AvgIpc) is 3.14. The number of carbonyl (C=O) groups excluding carboxylic acids is 2. The predicted octanol–water partition coefficient (Wildman–Crippen LogP) is 4.40. The Labute approximate surface area is 169 Å². The largest absolute Gasteiger partial charge is 0.497 e. The molecule has 0 amide bonds. The van der Waals surface area contributed by atoms with E-state index in [4.69, 9.17) is 14.2 Å². The molecule has 0 aliphatic heterocycles. The first-order valence-corrected chi connectivity index (χ1v) is 9.32. The van der Waals surface area contributed by atoms with Crippen LogP contribution in [0.2, 0.25) is 0 Å². The van der Waals surface area contributed by atoms with Crippen LogP contribution in [0.1, 0.15) is 29.8 Å². The maximum absolute atomic E-state index is 12.5. The van der Waals surface area contributed by atoms with Gasteiger partial charge in [-0.2, -0.15) is 0 Å². The highest BCUT2D eigenvalue weighted by atomic mass is 16.6. The second-order valence-corrected chi connectivity index (χ2v) is 6.39. The SMILES string of the molecule is CCOC(=O)C(C)Oc1ccc(C(=O)/C=C/c2c[nH]c3ccc(OC)cc23)cc1. The molecule has 0 spiro atoms. The van der Waals surface area contributed by atoms with Crippen molar-refractivity contribution in [2.45, 2.75) is 20.0 Å². The van der Waals surface area contributed by atoms with E-state index in [1.165, 1.54) is 6.08 Å². The Morgan fingerprint density at radius 3 is 2.52 bits per heavy atom. The molecule has 6 nitrogen and oxygen atoms in total. The molecule has 0 bridgehead atoms. The van der Waals surface area contributed by atoms with Gasteiger partial charge in [0.1, 0.15) is 11.5 Å². The third-order valence-electron chi connectivity index (χ3n) is 4.41. The van der Waals surface area contributed by atoms with E-state index in [9.17, 15) is 9.59 Å². The van der Waals surface area contributed by atoms with E-state index in [0.29, 0.717) is 17.9 Å². The van der Waals surface area contributed by atoms with Crippen molar-refractivity contribution in [2.75, 3.05) is 13.7 Å². The van der Waals surface area contributed by atoms with Gasteiger partial charge in [0.15, 0.2) is 11.9 Å². The van der Waals surface area contributed by atoms with Crippen LogP contribution in [-0.2, 0) is 9.53 Å². The molecular weight excluding hydrogens is 370 g/mol. The van der Waals surface area contributed by atoms with E-state index >= 15 is 0 Å². The topological polar surface area (TPSA) is 77.6 Å². The average molecular weight is 393 g/mol. The van der Waals surface area contributed by atoms with Crippen LogP contribution in [0.4, 0.5) is 0 Å². The fourth-order valence-corrected chi connectivity index (χ4v) is 2.86. The van der Waals surface area contributed by atoms with E-state index in [1.807, 2.05) is 24.4 Å². The van der Waals surface area contributed by atoms with Gasteiger partial charge in [-0.05, 0) is 68.5 Å². The maximum atomic E-state index is 12.5. The normalized spacial score (nSPS) is 12.1. The molecule has 0 fully saturated rings. The van der Waals surface area contributed by atoms with Gasteiger partial charge in [0.05, 0.1) is 13.7 Å². The van der Waals surface area contributed by atoms with E-state index in [1.54, 1.807) is 51.3 Å². The lowest BCUT2D eigenvalue weighted by Gasteiger charge is -2.13. The Bertz CT molecular complexity index is 1030. The van der Waals surface area contributed by atoms with Crippen LogP contribution in [0.5, 0.6) is 11.5 Å². The van der Waals surface area contributed by atoms with Crippen LogP contribution in [0, 0.1) is 0 Å². The molecule has 1 aromatic heterocycles. The van der Waals surface area contributed by atoms with Gasteiger partial charge in [-0.25, -0.2) is 4.79 Å². The first-order chi connectivity index (χ1) is 14.0. The number of nitrogens with one attached hydrogen (secondary N) is 1. The van der Waals surface area contributed by atoms with Crippen molar-refractivity contribution in [3.05, 3.63) is 65.9 Å². The summed E-state index contributed by atoms with van der Waals surface area (Å²) in [6.07, 6.45) is 4.43. The van der Waals surface area contributed by atoms with Gasteiger partial charge in [0, 0.05) is 28.2 Å². The smallest absolute Gasteiger partial charge is 0.347 e. The molecule has 2 aromatic carbocycles. The Hall–Kier alpha value is -3.54. The third-order valence-corrected chi connectivity index (χ3v) is 4.41. The number of hydrogen-bond donors (Lipinski definition) is 1. The number of hydrogen-bond acceptors (Lipinski definition) is 5. The van der Waals surface area contributed by atoms with Gasteiger partial charge < -0.3 is 19.2 Å². The lowest BCUT2D eigenvalue weighted by molar-refractivity contribution is -0.150. The van der Waals surface area contributed by atoms with Crippen LogP contribution < -0.4 is 9.47 Å². The van der Waals surface area contributed by atoms with Crippen LogP contribution in [-0.4, -0.2) is 36.6 Å². The van der Waals surface area contributed by atoms with Gasteiger partial charge >= 0.3 is 5.97 Å². The highest BCUT2D eigenvalue weighted by Gasteiger charge is 2.15. The van der Waals surface area contributed by atoms with Gasteiger partial charge in [-0.3, -0.25) is 4.79 Å². The van der Waals surface area contributed by atoms with Crippen molar-refractivity contribution < 1.29 is 23.8 Å². The molecule has 1 unspecified atom stereocenters. The molecule has 150 valence electrons. The molecule has 1 N–H and O–H groups in total. The summed E-state index contributed by atoms with van der Waals surface area (Å²) in [4.78, 5) is 27.3. The number of ketones is 1. The number of carbonyl (C=O) groups is 2. The second kappa shape index (κ2) is 9.10. The fourth-order valence-electron chi connectivity index (χ4n) is 2.86. The number of aromatic amines is 1. The number of rotatable bonds is 8. The molecule has 1 atom stereocenters. The fraction of sp³-hybridized carbons (Fsp3) is 0.217. The molecule has 1 heterocycles. The first-order valence-electron chi connectivity index (χ1n) is 9.32. The number of ether oxygens (including phenoxy) is 3. The zero-order chi connectivity index (χ0) is 20.8. The van der Waals surface area contributed by atoms with Crippen LogP contribution in [0.15, 0.2) is 54.7 Å². The first kappa shape index (κ1) is 20.2. The van der Waals surface area contributed by atoms with Gasteiger partial charge in [-0.15, -0.1) is 0 Å². The van der Waals surface area contributed by atoms with Crippen LogP contribution in [0.25, 0.3) is 17.0 Å². The second-order valence-electron chi connectivity index (χ2n) is 6.39. The standard InChI is InChI=1S/C23H23NO5/c1-4-28-23(26)15(2)29-18-8-5-16(6-9-18)22(25)12-7-17-14-24-21-11-10-19(27-3)13-20(17)21/h5-15,24H,4H2,1-3H3/b12-7+. The van der Waals surface area contributed by atoms with Crippen molar-refractivity contribution in [3.63, 3.8) is 0 Å². The molecule has 0 saturated carbocycles. The summed E-state index contributed by atoms with van der Waals surface area (Å²) >= 11 is 0. The Morgan fingerprint density at radius 2 is 1.83 bits per heavy atom. The lowest BCUT2D eigenvalue weighted by atomic mass is 10.1. The molecular formula is C23H23NO5. The molecule has 0 aliphatic carbocycles. The minimum absolute atomic E-state index is 0.132. The summed E-state index contributed by atoms with van der Waals surface area (Å²) in [5.41, 5.74) is 2.39. The van der Waals surface area contributed by atoms with Gasteiger partial charge in [-0.1, -0.05) is 0 Å². The van der Waals surface area contributed by atoms with Gasteiger partial charge in [0.25, 0.3) is 0 Å². The number of H-pyrrole nitrogens is 1. The minimum atomic E-state index is -0.713. The summed E-state index contributed by atoms with van der Waals surface area (Å²) in [7, 11) is 1.62. The zero-order valence-electron chi connectivity index (χ0n) is 16.6. The highest BCUT2D eigenvalue weighted by Crippen LogP contribution is 2.24. The summed E-state index contributed by atoms with van der Waals surface area (Å²) < 4.78 is 15.7. The van der Waals surface area contributed by atoms with E-state index in [0.717, 1.165) is 22.2 Å². The lowest BCUT2D eigenvalue weighted by Crippen LogP contribution is -2.26. The Kier molecular flexibility index (Phi) is 6.34. The van der Waals surface area contributed by atoms with Crippen LogP contribution in [0.3, 0.4) is 0 Å². The number of methoxy groups -OCH3 is 1. The van der Waals surface area contributed by atoms with Crippen LogP contribution >= 0.6 is 0 Å². The molecule has 6 heteroatoms. The number of esters is 1. The molecule has 29 heavy (non-hydrogen) atoms. The van der Waals surface area contributed by atoms with Crippen molar-refractivity contribution in [2.24, 2.45) is 0 Å². The Balaban J connectivity index is 1.69. The summed E-state index contributed by atoms with van der Waals surface area (Å²) in [6.45, 7) is 3.66. The predicted molar refractivity (Wildman–Crippen MR) is 111 cm³/mol. The van der Waals surface area contributed by atoms with Crippen molar-refractivity contribution >= 4 is 28.7 Å². The quantitative estimate of drug-likeness (QED) is 0.349. The van der Waals surface area contributed by atoms with Crippen molar-refractivity contribution in [3.8, 4) is 11.5 Å². The molecule has 3 rings (SSSR count). The number of allylic oxidation sites excluding steroid dienone is 1.